The van der Waals surface area contributed by atoms with Crippen molar-refractivity contribution in [2.75, 3.05) is 13.2 Å². The van der Waals surface area contributed by atoms with Gasteiger partial charge in [-0.3, -0.25) is 20.4 Å². The van der Waals surface area contributed by atoms with Crippen molar-refractivity contribution in [1.82, 2.24) is 10.9 Å². The van der Waals surface area contributed by atoms with E-state index in [0.29, 0.717) is 11.5 Å². The minimum absolute atomic E-state index is 0.193. The predicted octanol–water partition coefficient (Wildman–Crippen LogP) is 3.03. The average Bonchev–Trinajstić information content (AvgIpc) is 2.65. The van der Waals surface area contributed by atoms with Crippen LogP contribution in [0.3, 0.4) is 0 Å². The van der Waals surface area contributed by atoms with Gasteiger partial charge in [-0.15, -0.1) is 0 Å². The van der Waals surface area contributed by atoms with E-state index < -0.39 is 11.8 Å². The van der Waals surface area contributed by atoms with Gasteiger partial charge in [0.1, 0.15) is 11.5 Å². The van der Waals surface area contributed by atoms with Crippen LogP contribution in [0.15, 0.2) is 42.5 Å². The molecule has 0 aromatic heterocycles. The van der Waals surface area contributed by atoms with Crippen molar-refractivity contribution in [2.24, 2.45) is 0 Å². The van der Waals surface area contributed by atoms with Gasteiger partial charge in [0.05, 0.1) is 0 Å². The number of aryl methyl sites for hydroxylation is 2. The number of para-hydroxylation sites is 1. The first-order chi connectivity index (χ1) is 12.9. The van der Waals surface area contributed by atoms with Crippen LogP contribution in [0.5, 0.6) is 11.5 Å². The highest BCUT2D eigenvalue weighted by Gasteiger charge is 2.10. The van der Waals surface area contributed by atoms with E-state index in [-0.39, 0.29) is 19.1 Å². The zero-order chi connectivity index (χ0) is 19.8. The molecule has 0 aliphatic carbocycles. The molecule has 6 nitrogen and oxygen atoms in total. The van der Waals surface area contributed by atoms with E-state index in [9.17, 15) is 9.59 Å². The number of amides is 2. The van der Waals surface area contributed by atoms with E-state index in [2.05, 4.69) is 24.7 Å². The Bertz CT molecular complexity index is 803. The first kappa shape index (κ1) is 20.3. The van der Waals surface area contributed by atoms with Crippen molar-refractivity contribution in [3.63, 3.8) is 0 Å². The third-order valence-electron chi connectivity index (χ3n) is 3.94. The minimum atomic E-state index is -0.452. The van der Waals surface area contributed by atoms with Crippen LogP contribution in [-0.2, 0) is 9.59 Å². The van der Waals surface area contributed by atoms with E-state index in [1.807, 2.05) is 56.3 Å². The smallest absolute Gasteiger partial charge is 0.276 e. The molecule has 2 aromatic carbocycles. The molecule has 0 bridgehead atoms. The van der Waals surface area contributed by atoms with Gasteiger partial charge in [0.25, 0.3) is 11.8 Å². The van der Waals surface area contributed by atoms with E-state index in [1.165, 1.54) is 0 Å². The SMILES string of the molecule is Cc1ccc(C)c(OCC(=O)NNC(=O)COc2ccccc2C(C)C)c1. The maximum atomic E-state index is 11.9. The molecular weight excluding hydrogens is 344 g/mol. The van der Waals surface area contributed by atoms with E-state index in [0.717, 1.165) is 16.7 Å². The third kappa shape index (κ3) is 6.33. The van der Waals surface area contributed by atoms with Gasteiger partial charge in [-0.05, 0) is 48.6 Å². The molecule has 2 N–H and O–H groups in total. The molecule has 2 rings (SSSR count). The summed E-state index contributed by atoms with van der Waals surface area (Å²) in [6, 6.07) is 13.3. The Morgan fingerprint density at radius 2 is 1.48 bits per heavy atom. The fraction of sp³-hybridized carbons (Fsp3) is 0.333. The lowest BCUT2D eigenvalue weighted by Gasteiger charge is -2.14. The van der Waals surface area contributed by atoms with Crippen molar-refractivity contribution in [3.8, 4) is 11.5 Å². The van der Waals surface area contributed by atoms with Gasteiger partial charge >= 0.3 is 0 Å². The summed E-state index contributed by atoms with van der Waals surface area (Å²) < 4.78 is 11.0. The summed E-state index contributed by atoms with van der Waals surface area (Å²) in [6.45, 7) is 7.57. The van der Waals surface area contributed by atoms with E-state index >= 15 is 0 Å². The highest BCUT2D eigenvalue weighted by Crippen LogP contribution is 2.25. The van der Waals surface area contributed by atoms with Gasteiger partial charge in [-0.2, -0.15) is 0 Å². The Labute approximate surface area is 159 Å². The van der Waals surface area contributed by atoms with Gasteiger partial charge in [0.15, 0.2) is 13.2 Å². The summed E-state index contributed by atoms with van der Waals surface area (Å²) in [4.78, 5) is 23.7. The molecule has 2 aromatic rings. The maximum Gasteiger partial charge on any atom is 0.276 e. The minimum Gasteiger partial charge on any atom is -0.483 e. The maximum absolute atomic E-state index is 11.9. The standard InChI is InChI=1S/C21H26N2O4/c1-14(2)17-7-5-6-8-18(17)26-12-20(24)22-23-21(25)13-27-19-11-15(3)9-10-16(19)4/h5-11,14H,12-13H2,1-4H3,(H,22,24)(H,23,25). The average molecular weight is 370 g/mol. The van der Waals surface area contributed by atoms with Crippen LogP contribution < -0.4 is 20.3 Å². The van der Waals surface area contributed by atoms with Gasteiger partial charge in [0, 0.05) is 0 Å². The molecule has 0 aliphatic heterocycles. The number of benzene rings is 2. The quantitative estimate of drug-likeness (QED) is 0.735. The monoisotopic (exact) mass is 370 g/mol. The Morgan fingerprint density at radius 3 is 2.11 bits per heavy atom. The molecule has 0 atom stereocenters. The van der Waals surface area contributed by atoms with Gasteiger partial charge in [-0.25, -0.2) is 0 Å². The second-order valence-corrected chi connectivity index (χ2v) is 6.64. The molecule has 0 spiro atoms. The summed E-state index contributed by atoms with van der Waals surface area (Å²) in [5.74, 6) is 0.684. The fourth-order valence-corrected chi connectivity index (χ4v) is 2.45. The molecule has 2 amide bonds. The van der Waals surface area contributed by atoms with Gasteiger partial charge < -0.3 is 9.47 Å². The van der Waals surface area contributed by atoms with Gasteiger partial charge in [0.2, 0.25) is 0 Å². The Kier molecular flexibility index (Phi) is 7.23. The Morgan fingerprint density at radius 1 is 0.889 bits per heavy atom. The molecule has 27 heavy (non-hydrogen) atoms. The van der Waals surface area contributed by atoms with Crippen LogP contribution in [0.25, 0.3) is 0 Å². The summed E-state index contributed by atoms with van der Waals surface area (Å²) in [6.07, 6.45) is 0. The molecule has 0 aliphatic rings. The molecule has 0 saturated carbocycles. The number of carbonyl (C=O) groups excluding carboxylic acids is 2. The number of rotatable bonds is 7. The van der Waals surface area contributed by atoms with Crippen LogP contribution >= 0.6 is 0 Å². The van der Waals surface area contributed by atoms with E-state index in [1.54, 1.807) is 0 Å². The first-order valence-corrected chi connectivity index (χ1v) is 8.86. The topological polar surface area (TPSA) is 76.7 Å². The van der Waals surface area contributed by atoms with Crippen LogP contribution in [0.2, 0.25) is 0 Å². The molecule has 6 heteroatoms. The fourth-order valence-electron chi connectivity index (χ4n) is 2.45. The van der Waals surface area contributed by atoms with Crippen molar-refractivity contribution in [3.05, 3.63) is 59.2 Å². The molecule has 0 heterocycles. The molecule has 0 saturated heterocycles. The summed E-state index contributed by atoms with van der Waals surface area (Å²) in [7, 11) is 0. The lowest BCUT2D eigenvalue weighted by molar-refractivity contribution is -0.131. The molecule has 0 radical (unpaired) electrons. The predicted molar refractivity (Wildman–Crippen MR) is 104 cm³/mol. The Balaban J connectivity index is 1.75. The lowest BCUT2D eigenvalue weighted by Crippen LogP contribution is -2.45. The van der Waals surface area contributed by atoms with Gasteiger partial charge in [-0.1, -0.05) is 44.2 Å². The Hall–Kier alpha value is -3.02. The molecule has 144 valence electrons. The normalized spacial score (nSPS) is 10.4. The zero-order valence-corrected chi connectivity index (χ0v) is 16.2. The lowest BCUT2D eigenvalue weighted by atomic mass is 10.0. The highest BCUT2D eigenvalue weighted by molar-refractivity contribution is 5.83. The highest BCUT2D eigenvalue weighted by atomic mass is 16.5. The largest absolute Gasteiger partial charge is 0.483 e. The molecular formula is C21H26N2O4. The molecule has 0 unspecified atom stereocenters. The summed E-state index contributed by atoms with van der Waals surface area (Å²) in [5, 5.41) is 0. The molecule has 0 fully saturated rings. The van der Waals surface area contributed by atoms with Crippen LogP contribution in [-0.4, -0.2) is 25.0 Å². The summed E-state index contributed by atoms with van der Waals surface area (Å²) in [5.41, 5.74) is 7.65. The van der Waals surface area contributed by atoms with Crippen molar-refractivity contribution in [1.29, 1.82) is 0 Å². The van der Waals surface area contributed by atoms with Crippen molar-refractivity contribution < 1.29 is 19.1 Å². The van der Waals surface area contributed by atoms with E-state index in [4.69, 9.17) is 9.47 Å². The van der Waals surface area contributed by atoms with Crippen LogP contribution in [0.1, 0.15) is 36.5 Å². The van der Waals surface area contributed by atoms with Crippen molar-refractivity contribution in [2.45, 2.75) is 33.6 Å². The zero-order valence-electron chi connectivity index (χ0n) is 16.2. The second-order valence-electron chi connectivity index (χ2n) is 6.64. The number of nitrogens with one attached hydrogen (secondary N) is 2. The van der Waals surface area contributed by atoms with Crippen LogP contribution in [0, 0.1) is 13.8 Å². The van der Waals surface area contributed by atoms with Crippen LogP contribution in [0.4, 0.5) is 0 Å². The number of hydrogen-bond donors (Lipinski definition) is 2. The third-order valence-corrected chi connectivity index (χ3v) is 3.94. The second kappa shape index (κ2) is 9.62. The number of hydrogen-bond acceptors (Lipinski definition) is 4. The number of ether oxygens (including phenoxy) is 2. The number of carbonyl (C=O) groups is 2. The summed E-state index contributed by atoms with van der Waals surface area (Å²) >= 11 is 0. The van der Waals surface area contributed by atoms with Crippen molar-refractivity contribution >= 4 is 11.8 Å². The number of hydrazine groups is 1. The first-order valence-electron chi connectivity index (χ1n) is 8.86.